The summed E-state index contributed by atoms with van der Waals surface area (Å²) < 4.78 is 18.6. The number of benzene rings is 1. The summed E-state index contributed by atoms with van der Waals surface area (Å²) in [5.74, 6) is -0.693. The standard InChI is InChI=1S/C14H10FN3O2/c15-9-4-3-8(13-12(9)18-14(19)20-13)11-6-16-10(5-17-11)7-1-2-7/h3-7H,1-2H2,(H,18,19). The molecule has 100 valence electrons. The average Bonchev–Trinajstić information content (AvgIpc) is 3.22. The molecule has 2 heterocycles. The topological polar surface area (TPSA) is 71.8 Å². The van der Waals surface area contributed by atoms with Crippen LogP contribution in [0.4, 0.5) is 4.39 Å². The second kappa shape index (κ2) is 4.00. The number of fused-ring (bicyclic) bond motifs is 1. The van der Waals surface area contributed by atoms with Crippen LogP contribution in [0.1, 0.15) is 24.5 Å². The molecule has 1 fully saturated rings. The van der Waals surface area contributed by atoms with Gasteiger partial charge in [0.15, 0.2) is 11.4 Å². The van der Waals surface area contributed by atoms with Crippen LogP contribution in [0.5, 0.6) is 0 Å². The van der Waals surface area contributed by atoms with Crippen LogP contribution >= 0.6 is 0 Å². The third kappa shape index (κ3) is 1.72. The Morgan fingerprint density at radius 1 is 1.25 bits per heavy atom. The van der Waals surface area contributed by atoms with Crippen LogP contribution in [0.25, 0.3) is 22.4 Å². The largest absolute Gasteiger partial charge is 0.417 e. The third-order valence-corrected chi connectivity index (χ3v) is 3.47. The first kappa shape index (κ1) is 11.3. The lowest BCUT2D eigenvalue weighted by Crippen LogP contribution is -1.93. The maximum Gasteiger partial charge on any atom is 0.417 e. The monoisotopic (exact) mass is 271 g/mol. The molecule has 20 heavy (non-hydrogen) atoms. The minimum absolute atomic E-state index is 0.0561. The van der Waals surface area contributed by atoms with Gasteiger partial charge in [-0.05, 0) is 25.0 Å². The fraction of sp³-hybridized carbons (Fsp3) is 0.214. The van der Waals surface area contributed by atoms with Crippen molar-refractivity contribution in [2.75, 3.05) is 0 Å². The molecule has 5 nitrogen and oxygen atoms in total. The third-order valence-electron chi connectivity index (χ3n) is 3.47. The molecule has 0 bridgehead atoms. The number of nitrogens with zero attached hydrogens (tertiary/aromatic N) is 2. The van der Waals surface area contributed by atoms with E-state index in [-0.39, 0.29) is 11.1 Å². The first-order valence-corrected chi connectivity index (χ1v) is 6.36. The number of H-pyrrole nitrogens is 1. The summed E-state index contributed by atoms with van der Waals surface area (Å²) in [4.78, 5) is 22.3. The molecule has 0 unspecified atom stereocenters. The number of aromatic amines is 1. The van der Waals surface area contributed by atoms with Gasteiger partial charge in [0.2, 0.25) is 0 Å². The first-order valence-electron chi connectivity index (χ1n) is 6.36. The molecule has 0 radical (unpaired) electrons. The molecule has 0 saturated heterocycles. The molecule has 3 aromatic rings. The molecule has 1 aliphatic carbocycles. The molecular weight excluding hydrogens is 261 g/mol. The van der Waals surface area contributed by atoms with Gasteiger partial charge in [-0.2, -0.15) is 0 Å². The maximum atomic E-state index is 13.6. The van der Waals surface area contributed by atoms with Crippen molar-refractivity contribution in [1.82, 2.24) is 15.0 Å². The molecule has 0 spiro atoms. The van der Waals surface area contributed by atoms with E-state index in [9.17, 15) is 9.18 Å². The summed E-state index contributed by atoms with van der Waals surface area (Å²) >= 11 is 0. The molecule has 4 rings (SSSR count). The second-order valence-corrected chi connectivity index (χ2v) is 4.91. The lowest BCUT2D eigenvalue weighted by Gasteiger charge is -2.02. The van der Waals surface area contributed by atoms with E-state index in [1.807, 2.05) is 0 Å². The molecule has 0 atom stereocenters. The summed E-state index contributed by atoms with van der Waals surface area (Å²) in [6, 6.07) is 2.81. The van der Waals surface area contributed by atoms with Crippen molar-refractivity contribution < 1.29 is 8.81 Å². The van der Waals surface area contributed by atoms with Gasteiger partial charge in [-0.1, -0.05) is 0 Å². The highest BCUT2D eigenvalue weighted by atomic mass is 19.1. The predicted octanol–water partition coefficient (Wildman–Crippen LogP) is 2.59. The van der Waals surface area contributed by atoms with Gasteiger partial charge in [0.1, 0.15) is 5.52 Å². The molecule has 1 aliphatic rings. The number of halogens is 1. The van der Waals surface area contributed by atoms with Crippen molar-refractivity contribution in [1.29, 1.82) is 0 Å². The highest BCUT2D eigenvalue weighted by Gasteiger charge is 2.25. The quantitative estimate of drug-likeness (QED) is 0.777. The van der Waals surface area contributed by atoms with Gasteiger partial charge in [0, 0.05) is 17.7 Å². The minimum Gasteiger partial charge on any atom is -0.407 e. The number of hydrogen-bond donors (Lipinski definition) is 1. The van der Waals surface area contributed by atoms with Crippen molar-refractivity contribution in [3.05, 3.63) is 46.6 Å². The van der Waals surface area contributed by atoms with Crippen LogP contribution in [0.3, 0.4) is 0 Å². The first-order chi connectivity index (χ1) is 9.72. The van der Waals surface area contributed by atoms with Crippen LogP contribution in [0, 0.1) is 5.82 Å². The summed E-state index contributed by atoms with van der Waals surface area (Å²) in [6.45, 7) is 0. The Morgan fingerprint density at radius 2 is 2.10 bits per heavy atom. The fourth-order valence-electron chi connectivity index (χ4n) is 2.27. The van der Waals surface area contributed by atoms with Crippen LogP contribution in [-0.2, 0) is 0 Å². The molecule has 1 N–H and O–H groups in total. The van der Waals surface area contributed by atoms with E-state index in [0.29, 0.717) is 17.2 Å². The normalized spacial score (nSPS) is 14.8. The summed E-state index contributed by atoms with van der Waals surface area (Å²) in [7, 11) is 0. The Hall–Kier alpha value is -2.50. The number of rotatable bonds is 2. The van der Waals surface area contributed by atoms with Crippen molar-refractivity contribution in [2.45, 2.75) is 18.8 Å². The Bertz CT molecular complexity index is 847. The van der Waals surface area contributed by atoms with E-state index in [1.54, 1.807) is 12.4 Å². The smallest absolute Gasteiger partial charge is 0.407 e. The Labute approximate surface area is 112 Å². The Morgan fingerprint density at radius 3 is 2.80 bits per heavy atom. The Balaban J connectivity index is 1.88. The number of hydrogen-bond acceptors (Lipinski definition) is 4. The number of aromatic nitrogens is 3. The van der Waals surface area contributed by atoms with Crippen molar-refractivity contribution in [3.8, 4) is 11.3 Å². The molecule has 1 saturated carbocycles. The summed E-state index contributed by atoms with van der Waals surface area (Å²) in [5.41, 5.74) is 2.31. The lowest BCUT2D eigenvalue weighted by atomic mass is 10.1. The van der Waals surface area contributed by atoms with E-state index in [2.05, 4.69) is 15.0 Å². The molecule has 6 heteroatoms. The zero-order chi connectivity index (χ0) is 13.7. The maximum absolute atomic E-state index is 13.6. The predicted molar refractivity (Wildman–Crippen MR) is 69.8 cm³/mol. The highest BCUT2D eigenvalue weighted by molar-refractivity contribution is 5.88. The minimum atomic E-state index is -0.686. The number of oxazole rings is 1. The lowest BCUT2D eigenvalue weighted by molar-refractivity contribution is 0.556. The molecule has 2 aromatic heterocycles. The van der Waals surface area contributed by atoms with E-state index >= 15 is 0 Å². The van der Waals surface area contributed by atoms with Gasteiger partial charge < -0.3 is 4.42 Å². The van der Waals surface area contributed by atoms with Gasteiger partial charge in [-0.3, -0.25) is 15.0 Å². The molecule has 0 aliphatic heterocycles. The van der Waals surface area contributed by atoms with E-state index < -0.39 is 11.6 Å². The SMILES string of the molecule is O=c1[nH]c2c(F)ccc(-c3cnc(C4CC4)cn3)c2o1. The zero-order valence-corrected chi connectivity index (χ0v) is 10.4. The van der Waals surface area contributed by atoms with Crippen molar-refractivity contribution >= 4 is 11.1 Å². The Kier molecular flexibility index (Phi) is 2.26. The fourth-order valence-corrected chi connectivity index (χ4v) is 2.27. The molecular formula is C14H10FN3O2. The van der Waals surface area contributed by atoms with Gasteiger partial charge in [-0.25, -0.2) is 9.18 Å². The van der Waals surface area contributed by atoms with Gasteiger partial charge >= 0.3 is 5.76 Å². The van der Waals surface area contributed by atoms with Crippen LogP contribution in [0.2, 0.25) is 0 Å². The number of nitrogens with one attached hydrogen (secondary N) is 1. The van der Waals surface area contributed by atoms with E-state index in [1.165, 1.54) is 12.1 Å². The summed E-state index contributed by atoms with van der Waals surface area (Å²) in [5, 5.41) is 0. The van der Waals surface area contributed by atoms with E-state index in [4.69, 9.17) is 4.42 Å². The highest BCUT2D eigenvalue weighted by Crippen LogP contribution is 2.38. The van der Waals surface area contributed by atoms with Crippen LogP contribution in [0.15, 0.2) is 33.7 Å². The van der Waals surface area contributed by atoms with Gasteiger partial charge in [0.05, 0.1) is 17.6 Å². The van der Waals surface area contributed by atoms with Crippen LogP contribution in [-0.4, -0.2) is 15.0 Å². The van der Waals surface area contributed by atoms with E-state index in [0.717, 1.165) is 18.5 Å². The summed E-state index contributed by atoms with van der Waals surface area (Å²) in [6.07, 6.45) is 5.67. The molecule has 0 amide bonds. The van der Waals surface area contributed by atoms with Gasteiger partial charge in [-0.15, -0.1) is 0 Å². The zero-order valence-electron chi connectivity index (χ0n) is 10.4. The van der Waals surface area contributed by atoms with Crippen LogP contribution < -0.4 is 5.76 Å². The molecule has 1 aromatic carbocycles. The van der Waals surface area contributed by atoms with Crippen molar-refractivity contribution in [3.63, 3.8) is 0 Å². The average molecular weight is 271 g/mol. The second-order valence-electron chi connectivity index (χ2n) is 4.91. The van der Waals surface area contributed by atoms with Crippen molar-refractivity contribution in [2.24, 2.45) is 0 Å². The van der Waals surface area contributed by atoms with Gasteiger partial charge in [0.25, 0.3) is 0 Å².